The van der Waals surface area contributed by atoms with Gasteiger partial charge < -0.3 is 20.7 Å². The Hall–Kier alpha value is -2.85. The maximum absolute atomic E-state index is 14.0. The summed E-state index contributed by atoms with van der Waals surface area (Å²) in [6.45, 7) is 3.28. The summed E-state index contributed by atoms with van der Waals surface area (Å²) in [7, 11) is 0. The number of nitrogens with two attached hydrogens (primary N) is 1. The van der Waals surface area contributed by atoms with Crippen molar-refractivity contribution in [1.82, 2.24) is 19.5 Å². The Morgan fingerprint density at radius 3 is 2.48 bits per heavy atom. The lowest BCUT2D eigenvalue weighted by Crippen LogP contribution is -2.37. The van der Waals surface area contributed by atoms with E-state index in [-0.39, 0.29) is 11.9 Å². The molecule has 1 saturated carbocycles. The highest BCUT2D eigenvalue weighted by Crippen LogP contribution is 2.30. The van der Waals surface area contributed by atoms with Gasteiger partial charge in [-0.05, 0) is 50.3 Å². The number of nitrogens with zero attached hydrogens (tertiary/aromatic N) is 5. The van der Waals surface area contributed by atoms with E-state index in [4.69, 9.17) is 15.5 Å². The van der Waals surface area contributed by atoms with Crippen molar-refractivity contribution in [2.45, 2.75) is 38.2 Å². The summed E-state index contributed by atoms with van der Waals surface area (Å²) < 4.78 is 34.9. The third kappa shape index (κ3) is 4.63. The third-order valence-electron chi connectivity index (χ3n) is 6.56. The number of alkyl halides is 2. The van der Waals surface area contributed by atoms with E-state index in [1.165, 1.54) is 4.57 Å². The van der Waals surface area contributed by atoms with Crippen molar-refractivity contribution in [2.24, 2.45) is 11.7 Å². The fourth-order valence-corrected chi connectivity index (χ4v) is 4.71. The molecule has 176 valence electrons. The van der Waals surface area contributed by atoms with Crippen LogP contribution < -0.4 is 16.0 Å². The molecule has 0 spiro atoms. The number of hydrogen-bond donors (Lipinski definition) is 2. The fraction of sp³-hybridized carbons (Fsp3) is 0.522. The van der Waals surface area contributed by atoms with Gasteiger partial charge in [0, 0.05) is 25.2 Å². The van der Waals surface area contributed by atoms with Crippen molar-refractivity contribution < 1.29 is 13.5 Å². The number of benzene rings is 1. The minimum absolute atomic E-state index is 0.231. The van der Waals surface area contributed by atoms with Gasteiger partial charge in [0.2, 0.25) is 5.95 Å². The number of para-hydroxylation sites is 2. The monoisotopic (exact) mass is 457 g/mol. The number of halogens is 2. The summed E-state index contributed by atoms with van der Waals surface area (Å²) in [5.74, 6) is 1.76. The highest BCUT2D eigenvalue weighted by atomic mass is 19.3. The number of morpholine rings is 1. The van der Waals surface area contributed by atoms with Crippen molar-refractivity contribution in [3.8, 4) is 5.82 Å². The Balaban J connectivity index is 1.55. The standard InChI is InChI=1S/C23H29F2N7O/c24-21(25)22-28-17-3-1-2-4-18(17)32(22)20-13-19(31-9-11-33-12-10-31)29-23(30-20)27-16-7-5-15(14-26)6-8-16/h1-4,13,15-16,21H,5-12,14,26H2,(H,27,29,30). The Bertz CT molecular complexity index is 1090. The average molecular weight is 458 g/mol. The summed E-state index contributed by atoms with van der Waals surface area (Å²) in [5, 5.41) is 3.46. The zero-order valence-corrected chi connectivity index (χ0v) is 18.5. The fourth-order valence-electron chi connectivity index (χ4n) is 4.71. The van der Waals surface area contributed by atoms with Crippen LogP contribution in [0.15, 0.2) is 30.3 Å². The zero-order valence-electron chi connectivity index (χ0n) is 18.5. The SMILES string of the molecule is NCC1CCC(Nc2nc(N3CCOCC3)cc(-n3c(C(F)F)nc4ccccc43)n2)CC1. The predicted molar refractivity (Wildman–Crippen MR) is 123 cm³/mol. The van der Waals surface area contributed by atoms with Gasteiger partial charge in [-0.15, -0.1) is 0 Å². The van der Waals surface area contributed by atoms with Crippen LogP contribution in [-0.2, 0) is 4.74 Å². The molecule has 8 nitrogen and oxygen atoms in total. The normalized spacial score (nSPS) is 21.6. The molecule has 1 saturated heterocycles. The third-order valence-corrected chi connectivity index (χ3v) is 6.56. The summed E-state index contributed by atoms with van der Waals surface area (Å²) in [6, 6.07) is 9.12. The summed E-state index contributed by atoms with van der Waals surface area (Å²) >= 11 is 0. The van der Waals surface area contributed by atoms with Gasteiger partial charge in [0.1, 0.15) is 11.6 Å². The Kier molecular flexibility index (Phi) is 6.37. The highest BCUT2D eigenvalue weighted by Gasteiger charge is 2.25. The predicted octanol–water partition coefficient (Wildman–Crippen LogP) is 3.52. The van der Waals surface area contributed by atoms with Gasteiger partial charge in [-0.2, -0.15) is 9.97 Å². The molecule has 1 aliphatic carbocycles. The molecule has 2 aromatic heterocycles. The van der Waals surface area contributed by atoms with E-state index in [9.17, 15) is 8.78 Å². The van der Waals surface area contributed by atoms with Gasteiger partial charge in [-0.25, -0.2) is 13.8 Å². The second-order valence-corrected chi connectivity index (χ2v) is 8.70. The van der Waals surface area contributed by atoms with Crippen LogP contribution in [0.5, 0.6) is 0 Å². The lowest BCUT2D eigenvalue weighted by Gasteiger charge is -2.30. The first-order valence-electron chi connectivity index (χ1n) is 11.6. The highest BCUT2D eigenvalue weighted by molar-refractivity contribution is 5.78. The van der Waals surface area contributed by atoms with E-state index in [0.29, 0.717) is 67.4 Å². The number of aromatic nitrogens is 4. The molecule has 0 atom stereocenters. The Morgan fingerprint density at radius 1 is 1.03 bits per heavy atom. The molecule has 3 N–H and O–H groups in total. The molecule has 0 radical (unpaired) electrons. The van der Waals surface area contributed by atoms with Crippen LogP contribution in [0.2, 0.25) is 0 Å². The molecule has 5 rings (SSSR count). The minimum atomic E-state index is -2.73. The first-order valence-corrected chi connectivity index (χ1v) is 11.6. The molecule has 1 aromatic carbocycles. The first-order chi connectivity index (χ1) is 16.1. The number of ether oxygens (including phenoxy) is 1. The van der Waals surface area contributed by atoms with Crippen molar-refractivity contribution in [1.29, 1.82) is 0 Å². The van der Waals surface area contributed by atoms with E-state index in [1.807, 2.05) is 6.07 Å². The number of fused-ring (bicyclic) bond motifs is 1. The second kappa shape index (κ2) is 9.56. The summed E-state index contributed by atoms with van der Waals surface area (Å²) in [4.78, 5) is 15.7. The Labute approximate surface area is 191 Å². The van der Waals surface area contributed by atoms with E-state index in [1.54, 1.807) is 24.3 Å². The van der Waals surface area contributed by atoms with Gasteiger partial charge in [0.15, 0.2) is 5.82 Å². The second-order valence-electron chi connectivity index (χ2n) is 8.70. The minimum Gasteiger partial charge on any atom is -0.378 e. The molecular weight excluding hydrogens is 428 g/mol. The molecule has 0 unspecified atom stereocenters. The maximum atomic E-state index is 14.0. The number of rotatable bonds is 6. The van der Waals surface area contributed by atoms with Crippen LogP contribution in [-0.4, -0.2) is 58.4 Å². The van der Waals surface area contributed by atoms with Gasteiger partial charge in [-0.1, -0.05) is 12.1 Å². The van der Waals surface area contributed by atoms with Crippen molar-refractivity contribution >= 4 is 22.8 Å². The van der Waals surface area contributed by atoms with Crippen LogP contribution in [0.1, 0.15) is 37.9 Å². The zero-order chi connectivity index (χ0) is 22.8. The van der Waals surface area contributed by atoms with Crippen LogP contribution in [0.25, 0.3) is 16.9 Å². The number of nitrogens with one attached hydrogen (secondary N) is 1. The van der Waals surface area contributed by atoms with E-state index in [0.717, 1.165) is 25.7 Å². The first kappa shape index (κ1) is 22.0. The molecule has 3 aromatic rings. The van der Waals surface area contributed by atoms with Gasteiger partial charge in [-0.3, -0.25) is 4.57 Å². The smallest absolute Gasteiger partial charge is 0.296 e. The largest absolute Gasteiger partial charge is 0.378 e. The molecule has 2 aliphatic rings. The molecule has 1 aliphatic heterocycles. The molecule has 0 amide bonds. The van der Waals surface area contributed by atoms with E-state index in [2.05, 4.69) is 20.2 Å². The van der Waals surface area contributed by atoms with E-state index < -0.39 is 6.43 Å². The Morgan fingerprint density at radius 2 is 1.76 bits per heavy atom. The summed E-state index contributed by atoms with van der Waals surface area (Å²) in [6.07, 6.45) is 1.36. The van der Waals surface area contributed by atoms with Gasteiger partial charge in [0.25, 0.3) is 6.43 Å². The lowest BCUT2D eigenvalue weighted by molar-refractivity contribution is 0.122. The molecule has 10 heteroatoms. The summed E-state index contributed by atoms with van der Waals surface area (Å²) in [5.41, 5.74) is 6.93. The lowest BCUT2D eigenvalue weighted by atomic mass is 9.86. The van der Waals surface area contributed by atoms with Crippen molar-refractivity contribution in [2.75, 3.05) is 43.1 Å². The average Bonchev–Trinajstić information content (AvgIpc) is 3.25. The van der Waals surface area contributed by atoms with Crippen LogP contribution in [0.4, 0.5) is 20.5 Å². The van der Waals surface area contributed by atoms with E-state index >= 15 is 0 Å². The molecule has 0 bridgehead atoms. The molecule has 2 fully saturated rings. The van der Waals surface area contributed by atoms with Crippen LogP contribution in [0, 0.1) is 5.92 Å². The molecule has 33 heavy (non-hydrogen) atoms. The maximum Gasteiger partial charge on any atom is 0.296 e. The molecular formula is C23H29F2N7O. The van der Waals surface area contributed by atoms with Crippen LogP contribution >= 0.6 is 0 Å². The van der Waals surface area contributed by atoms with Crippen molar-refractivity contribution in [3.63, 3.8) is 0 Å². The number of hydrogen-bond acceptors (Lipinski definition) is 7. The number of anilines is 2. The quantitative estimate of drug-likeness (QED) is 0.585. The van der Waals surface area contributed by atoms with Crippen LogP contribution in [0.3, 0.4) is 0 Å². The van der Waals surface area contributed by atoms with Gasteiger partial charge >= 0.3 is 0 Å². The van der Waals surface area contributed by atoms with Crippen molar-refractivity contribution in [3.05, 3.63) is 36.2 Å². The topological polar surface area (TPSA) is 94.1 Å². The number of imidazole rings is 1. The van der Waals surface area contributed by atoms with Gasteiger partial charge in [0.05, 0.1) is 24.2 Å². The molecule has 3 heterocycles.